The van der Waals surface area contributed by atoms with Crippen LogP contribution in [0.4, 0.5) is 0 Å². The first-order valence-corrected chi connectivity index (χ1v) is 7.45. The van der Waals surface area contributed by atoms with Crippen LogP contribution in [0, 0.1) is 3.57 Å². The van der Waals surface area contributed by atoms with Crippen LogP contribution in [0.25, 0.3) is 10.9 Å². The fourth-order valence-corrected chi connectivity index (χ4v) is 2.56. The number of aliphatic hydroxyl groups excluding tert-OH is 1. The quantitative estimate of drug-likeness (QED) is 0.682. The summed E-state index contributed by atoms with van der Waals surface area (Å²) in [7, 11) is 0. The van der Waals surface area contributed by atoms with Crippen LogP contribution in [0.2, 0.25) is 0 Å². The highest BCUT2D eigenvalue weighted by Crippen LogP contribution is 2.29. The number of halogens is 1. The molecule has 0 aliphatic heterocycles. The Kier molecular flexibility index (Phi) is 5.06. The van der Waals surface area contributed by atoms with Crippen molar-refractivity contribution in [1.29, 1.82) is 0 Å². The van der Waals surface area contributed by atoms with Gasteiger partial charge in [-0.15, -0.1) is 0 Å². The lowest BCUT2D eigenvalue weighted by molar-refractivity contribution is 0.105. The van der Waals surface area contributed by atoms with Gasteiger partial charge in [0.25, 0.3) is 0 Å². The van der Waals surface area contributed by atoms with Gasteiger partial charge in [-0.3, -0.25) is 0 Å². The highest BCUT2D eigenvalue weighted by Gasteiger charge is 2.10. The van der Waals surface area contributed by atoms with Crippen LogP contribution >= 0.6 is 22.6 Å². The summed E-state index contributed by atoms with van der Waals surface area (Å²) in [4.78, 5) is 3.19. The Balaban J connectivity index is 2.00. The molecule has 0 saturated carbocycles. The Bertz CT molecular complexity index is 539. The maximum absolute atomic E-state index is 9.85. The number of ether oxygens (including phenoxy) is 1. The van der Waals surface area contributed by atoms with Crippen LogP contribution in [-0.2, 0) is 0 Å². The smallest absolute Gasteiger partial charge is 0.129 e. The van der Waals surface area contributed by atoms with E-state index in [2.05, 4.69) is 46.7 Å². The fourth-order valence-electron chi connectivity index (χ4n) is 1.85. The minimum absolute atomic E-state index is 0.292. The minimum Gasteiger partial charge on any atom is -0.490 e. The van der Waals surface area contributed by atoms with E-state index in [1.165, 1.54) is 0 Å². The summed E-state index contributed by atoms with van der Waals surface area (Å²) in [6, 6.07) is 6.26. The van der Waals surface area contributed by atoms with Crippen molar-refractivity contribution in [1.82, 2.24) is 10.3 Å². The summed E-state index contributed by atoms with van der Waals surface area (Å²) in [6.07, 6.45) is 1.45. The molecule has 5 heteroatoms. The summed E-state index contributed by atoms with van der Waals surface area (Å²) in [5.74, 6) is 0.812. The van der Waals surface area contributed by atoms with E-state index in [1.54, 1.807) is 0 Å². The largest absolute Gasteiger partial charge is 0.490 e. The Morgan fingerprint density at radius 3 is 2.95 bits per heavy atom. The van der Waals surface area contributed by atoms with Gasteiger partial charge in [0.2, 0.25) is 0 Å². The summed E-state index contributed by atoms with van der Waals surface area (Å²) in [5, 5.41) is 14.1. The third kappa shape index (κ3) is 3.84. The molecule has 4 nitrogen and oxygen atoms in total. The van der Waals surface area contributed by atoms with E-state index < -0.39 is 6.10 Å². The van der Waals surface area contributed by atoms with Crippen molar-refractivity contribution in [2.75, 3.05) is 13.2 Å². The summed E-state index contributed by atoms with van der Waals surface area (Å²) >= 11 is 2.28. The number of fused-ring (bicyclic) bond motifs is 1. The number of nitrogens with one attached hydrogen (secondary N) is 2. The molecule has 0 spiro atoms. The standard InChI is InChI=1S/C14H19IN2O2/c1-9(2)16-6-10(18)8-19-13-5-3-4-12-14(13)11(15)7-17-12/h3-5,7,9-10,16-18H,6,8H2,1-2H3. The summed E-state index contributed by atoms with van der Waals surface area (Å²) in [6.45, 7) is 4.94. The van der Waals surface area contributed by atoms with Crippen molar-refractivity contribution < 1.29 is 9.84 Å². The predicted molar refractivity (Wildman–Crippen MR) is 85.7 cm³/mol. The first-order valence-electron chi connectivity index (χ1n) is 6.37. The number of aliphatic hydroxyl groups is 1. The second kappa shape index (κ2) is 6.58. The molecule has 19 heavy (non-hydrogen) atoms. The highest BCUT2D eigenvalue weighted by atomic mass is 127. The number of aromatic amines is 1. The third-order valence-corrected chi connectivity index (χ3v) is 3.66. The zero-order chi connectivity index (χ0) is 13.8. The van der Waals surface area contributed by atoms with Crippen LogP contribution < -0.4 is 10.1 Å². The maximum atomic E-state index is 9.85. The van der Waals surface area contributed by atoms with Crippen LogP contribution in [0.1, 0.15) is 13.8 Å². The second-order valence-corrected chi connectivity index (χ2v) is 6.01. The molecule has 0 aliphatic carbocycles. The lowest BCUT2D eigenvalue weighted by Gasteiger charge is -2.15. The van der Waals surface area contributed by atoms with Crippen LogP contribution in [0.15, 0.2) is 24.4 Å². The van der Waals surface area contributed by atoms with Crippen LogP contribution in [-0.4, -0.2) is 35.4 Å². The third-order valence-electron chi connectivity index (χ3n) is 2.81. The summed E-state index contributed by atoms with van der Waals surface area (Å²) in [5.41, 5.74) is 1.05. The molecule has 1 aromatic heterocycles. The van der Waals surface area contributed by atoms with Crippen molar-refractivity contribution >= 4 is 33.5 Å². The van der Waals surface area contributed by atoms with Gasteiger partial charge >= 0.3 is 0 Å². The zero-order valence-corrected chi connectivity index (χ0v) is 13.3. The maximum Gasteiger partial charge on any atom is 0.129 e. The molecule has 1 aromatic carbocycles. The molecule has 0 fully saturated rings. The van der Waals surface area contributed by atoms with Gasteiger partial charge in [0.15, 0.2) is 0 Å². The van der Waals surface area contributed by atoms with Crippen LogP contribution in [0.3, 0.4) is 0 Å². The normalized spacial score (nSPS) is 13.1. The van der Waals surface area contributed by atoms with Crippen molar-refractivity contribution in [2.24, 2.45) is 0 Å². The monoisotopic (exact) mass is 374 g/mol. The molecular weight excluding hydrogens is 355 g/mol. The minimum atomic E-state index is -0.505. The van der Waals surface area contributed by atoms with Gasteiger partial charge < -0.3 is 20.1 Å². The van der Waals surface area contributed by atoms with Crippen molar-refractivity contribution in [3.63, 3.8) is 0 Å². The SMILES string of the molecule is CC(C)NCC(O)COc1cccc2[nH]cc(I)c12. The number of hydrogen-bond donors (Lipinski definition) is 3. The van der Waals surface area contributed by atoms with E-state index >= 15 is 0 Å². The van der Waals surface area contributed by atoms with Crippen LogP contribution in [0.5, 0.6) is 5.75 Å². The van der Waals surface area contributed by atoms with E-state index in [4.69, 9.17) is 4.74 Å². The average Bonchev–Trinajstić information content (AvgIpc) is 2.76. The lowest BCUT2D eigenvalue weighted by Crippen LogP contribution is -2.35. The van der Waals surface area contributed by atoms with E-state index in [9.17, 15) is 5.11 Å². The molecule has 0 saturated heterocycles. The highest BCUT2D eigenvalue weighted by molar-refractivity contribution is 14.1. The fraction of sp³-hybridized carbons (Fsp3) is 0.429. The topological polar surface area (TPSA) is 57.3 Å². The molecule has 2 rings (SSSR count). The van der Waals surface area contributed by atoms with E-state index in [0.717, 1.165) is 20.2 Å². The van der Waals surface area contributed by atoms with Gasteiger partial charge in [-0.1, -0.05) is 19.9 Å². The Morgan fingerprint density at radius 2 is 2.21 bits per heavy atom. The lowest BCUT2D eigenvalue weighted by atomic mass is 10.2. The van der Waals surface area contributed by atoms with Gasteiger partial charge in [0, 0.05) is 22.4 Å². The number of aromatic nitrogens is 1. The van der Waals surface area contributed by atoms with Crippen molar-refractivity contribution in [3.8, 4) is 5.75 Å². The molecule has 2 aromatic rings. The van der Waals surface area contributed by atoms with Gasteiger partial charge in [-0.2, -0.15) is 0 Å². The number of hydrogen-bond acceptors (Lipinski definition) is 3. The number of rotatable bonds is 6. The summed E-state index contributed by atoms with van der Waals surface area (Å²) < 4.78 is 6.86. The molecule has 1 atom stereocenters. The number of benzene rings is 1. The molecular formula is C14H19IN2O2. The predicted octanol–water partition coefficient (Wildman–Crippen LogP) is 2.51. The van der Waals surface area contributed by atoms with Gasteiger partial charge in [-0.05, 0) is 34.7 Å². The van der Waals surface area contributed by atoms with E-state index in [-0.39, 0.29) is 0 Å². The zero-order valence-electron chi connectivity index (χ0n) is 11.1. The van der Waals surface area contributed by atoms with Gasteiger partial charge in [0.1, 0.15) is 18.5 Å². The first kappa shape index (κ1) is 14.6. The van der Waals surface area contributed by atoms with Gasteiger partial charge in [-0.25, -0.2) is 0 Å². The first-order chi connectivity index (χ1) is 9.08. The van der Waals surface area contributed by atoms with E-state index in [0.29, 0.717) is 19.2 Å². The van der Waals surface area contributed by atoms with Gasteiger partial charge in [0.05, 0.1) is 10.9 Å². The van der Waals surface area contributed by atoms with Crippen molar-refractivity contribution in [2.45, 2.75) is 26.0 Å². The Hall–Kier alpha value is -0.790. The second-order valence-electron chi connectivity index (χ2n) is 4.84. The molecule has 1 unspecified atom stereocenters. The average molecular weight is 374 g/mol. The molecule has 0 bridgehead atoms. The molecule has 3 N–H and O–H groups in total. The molecule has 104 valence electrons. The molecule has 0 amide bonds. The molecule has 0 aliphatic rings. The van der Waals surface area contributed by atoms with Crippen molar-refractivity contribution in [3.05, 3.63) is 28.0 Å². The molecule has 1 heterocycles. The molecule has 0 radical (unpaired) electrons. The number of H-pyrrole nitrogens is 1. The Morgan fingerprint density at radius 1 is 1.42 bits per heavy atom. The Labute approximate surface area is 126 Å². The van der Waals surface area contributed by atoms with E-state index in [1.807, 2.05) is 24.4 Å².